The van der Waals surface area contributed by atoms with Crippen LogP contribution in [0.3, 0.4) is 0 Å². The second-order valence-electron chi connectivity index (χ2n) is 8.02. The molecule has 0 atom stereocenters. The first-order chi connectivity index (χ1) is 17.5. The highest BCUT2D eigenvalue weighted by molar-refractivity contribution is 6.35. The fourth-order valence-corrected chi connectivity index (χ4v) is 4.50. The molecule has 36 heavy (non-hydrogen) atoms. The van der Waals surface area contributed by atoms with Crippen LogP contribution in [0.15, 0.2) is 103 Å². The van der Waals surface area contributed by atoms with Crippen molar-refractivity contribution in [3.8, 4) is 23.0 Å². The number of fused-ring (bicyclic) bond motifs is 1. The molecule has 0 saturated heterocycles. The van der Waals surface area contributed by atoms with Crippen molar-refractivity contribution in [1.82, 2.24) is 9.78 Å². The van der Waals surface area contributed by atoms with E-state index in [9.17, 15) is 10.1 Å². The lowest BCUT2D eigenvalue weighted by Crippen LogP contribution is -2.13. The molecule has 4 aromatic carbocycles. The van der Waals surface area contributed by atoms with Gasteiger partial charge in [0.15, 0.2) is 0 Å². The number of carbonyl (C=O) groups excluding carboxylic acids is 1. The van der Waals surface area contributed by atoms with Crippen molar-refractivity contribution in [1.29, 1.82) is 5.26 Å². The quantitative estimate of drug-likeness (QED) is 0.197. The molecule has 0 radical (unpaired) electrons. The molecular formula is C29H18Cl2N4O. The zero-order valence-corrected chi connectivity index (χ0v) is 20.3. The molecule has 0 aliphatic rings. The summed E-state index contributed by atoms with van der Waals surface area (Å²) in [6.07, 6.45) is 3.36. The summed E-state index contributed by atoms with van der Waals surface area (Å²) in [6.45, 7) is 0. The van der Waals surface area contributed by atoms with E-state index in [1.54, 1.807) is 29.0 Å². The van der Waals surface area contributed by atoms with Gasteiger partial charge in [0.1, 0.15) is 17.3 Å². The number of halogens is 2. The summed E-state index contributed by atoms with van der Waals surface area (Å²) >= 11 is 12.1. The average molecular weight is 509 g/mol. The van der Waals surface area contributed by atoms with E-state index in [2.05, 4.69) is 5.32 Å². The summed E-state index contributed by atoms with van der Waals surface area (Å²) in [6, 6.07) is 30.4. The summed E-state index contributed by atoms with van der Waals surface area (Å²) in [4.78, 5) is 13.0. The monoisotopic (exact) mass is 508 g/mol. The number of anilines is 1. The minimum atomic E-state index is -0.577. The van der Waals surface area contributed by atoms with Crippen LogP contribution in [0.2, 0.25) is 10.0 Å². The van der Waals surface area contributed by atoms with Crippen LogP contribution in [0.25, 0.3) is 33.8 Å². The Morgan fingerprint density at radius 2 is 1.61 bits per heavy atom. The number of nitrogens with one attached hydrogen (secondary N) is 1. The van der Waals surface area contributed by atoms with Gasteiger partial charge in [0.05, 0.1) is 5.69 Å². The van der Waals surface area contributed by atoms with E-state index in [1.165, 1.54) is 0 Å². The molecular weight excluding hydrogens is 491 g/mol. The van der Waals surface area contributed by atoms with Crippen LogP contribution in [-0.4, -0.2) is 15.7 Å². The fourth-order valence-electron chi connectivity index (χ4n) is 3.98. The standard InChI is InChI=1S/C29H18Cl2N4O/c30-22-14-23(31)16-24(15-22)33-29(36)20(17-32)13-21-18-35(25-9-2-1-3-10-25)34-28(21)27-12-6-8-19-7-4-5-11-26(19)27/h1-16,18H,(H,33,36). The third kappa shape index (κ3) is 4.87. The molecule has 0 bridgehead atoms. The second-order valence-corrected chi connectivity index (χ2v) is 8.89. The molecule has 0 saturated carbocycles. The first-order valence-corrected chi connectivity index (χ1v) is 11.8. The van der Waals surface area contributed by atoms with Crippen molar-refractivity contribution >= 4 is 51.6 Å². The number of nitriles is 1. The first kappa shape index (κ1) is 23.4. The van der Waals surface area contributed by atoms with E-state index in [4.69, 9.17) is 28.3 Å². The van der Waals surface area contributed by atoms with Crippen LogP contribution in [0, 0.1) is 11.3 Å². The lowest BCUT2D eigenvalue weighted by molar-refractivity contribution is -0.112. The van der Waals surface area contributed by atoms with E-state index in [-0.39, 0.29) is 5.57 Å². The maximum Gasteiger partial charge on any atom is 0.266 e. The third-order valence-electron chi connectivity index (χ3n) is 5.59. The zero-order chi connectivity index (χ0) is 25.1. The molecule has 1 heterocycles. The Balaban J connectivity index is 1.62. The van der Waals surface area contributed by atoms with Crippen molar-refractivity contribution in [2.75, 3.05) is 5.32 Å². The maximum absolute atomic E-state index is 13.0. The molecule has 1 aromatic heterocycles. The van der Waals surface area contributed by atoms with Crippen LogP contribution in [0.5, 0.6) is 0 Å². The van der Waals surface area contributed by atoms with Crippen LogP contribution in [-0.2, 0) is 4.79 Å². The average Bonchev–Trinajstić information content (AvgIpc) is 3.30. The van der Waals surface area contributed by atoms with E-state index >= 15 is 0 Å². The topological polar surface area (TPSA) is 70.7 Å². The molecule has 0 aliphatic heterocycles. The lowest BCUT2D eigenvalue weighted by Gasteiger charge is -2.07. The molecule has 0 aliphatic carbocycles. The number of nitrogens with zero attached hydrogens (tertiary/aromatic N) is 3. The molecule has 0 fully saturated rings. The van der Waals surface area contributed by atoms with E-state index in [0.29, 0.717) is 27.0 Å². The number of benzene rings is 4. The number of para-hydroxylation sites is 1. The van der Waals surface area contributed by atoms with Gasteiger partial charge in [-0.2, -0.15) is 10.4 Å². The number of rotatable bonds is 5. The van der Waals surface area contributed by atoms with Gasteiger partial charge in [-0.15, -0.1) is 0 Å². The molecule has 5 rings (SSSR count). The van der Waals surface area contributed by atoms with Crippen molar-refractivity contribution in [2.45, 2.75) is 0 Å². The molecule has 0 unspecified atom stereocenters. The summed E-state index contributed by atoms with van der Waals surface area (Å²) in [5, 5.41) is 20.2. The smallest absolute Gasteiger partial charge is 0.266 e. The van der Waals surface area contributed by atoms with Crippen molar-refractivity contribution in [3.63, 3.8) is 0 Å². The molecule has 5 nitrogen and oxygen atoms in total. The maximum atomic E-state index is 13.0. The lowest BCUT2D eigenvalue weighted by atomic mass is 9.99. The third-order valence-corrected chi connectivity index (χ3v) is 6.03. The van der Waals surface area contributed by atoms with Gasteiger partial charge in [0.2, 0.25) is 0 Å². The van der Waals surface area contributed by atoms with Gasteiger partial charge in [-0.1, -0.05) is 83.9 Å². The Morgan fingerprint density at radius 3 is 2.36 bits per heavy atom. The number of hydrogen-bond acceptors (Lipinski definition) is 3. The highest BCUT2D eigenvalue weighted by atomic mass is 35.5. The van der Waals surface area contributed by atoms with Gasteiger partial charge in [-0.25, -0.2) is 4.68 Å². The normalized spacial score (nSPS) is 11.3. The Hall–Kier alpha value is -4.37. The van der Waals surface area contributed by atoms with Gasteiger partial charge in [-0.3, -0.25) is 4.79 Å². The minimum absolute atomic E-state index is 0.0832. The molecule has 174 valence electrons. The summed E-state index contributed by atoms with van der Waals surface area (Å²) in [5.41, 5.74) is 3.35. The SMILES string of the molecule is N#CC(=Cc1cn(-c2ccccc2)nc1-c1cccc2ccccc12)C(=O)Nc1cc(Cl)cc(Cl)c1. The van der Waals surface area contributed by atoms with Gasteiger partial charge in [0.25, 0.3) is 5.91 Å². The van der Waals surface area contributed by atoms with Crippen LogP contribution < -0.4 is 5.32 Å². The van der Waals surface area contributed by atoms with Crippen LogP contribution in [0.1, 0.15) is 5.56 Å². The van der Waals surface area contributed by atoms with Gasteiger partial charge in [0, 0.05) is 33.1 Å². The largest absolute Gasteiger partial charge is 0.321 e. The van der Waals surface area contributed by atoms with Gasteiger partial charge in [-0.05, 0) is 47.2 Å². The highest BCUT2D eigenvalue weighted by Crippen LogP contribution is 2.32. The fraction of sp³-hybridized carbons (Fsp3) is 0. The number of aromatic nitrogens is 2. The summed E-state index contributed by atoms with van der Waals surface area (Å²) < 4.78 is 1.74. The number of carbonyl (C=O) groups is 1. The molecule has 5 aromatic rings. The summed E-state index contributed by atoms with van der Waals surface area (Å²) in [5.74, 6) is -0.577. The first-order valence-electron chi connectivity index (χ1n) is 11.0. The van der Waals surface area contributed by atoms with Crippen molar-refractivity contribution in [3.05, 3.63) is 118 Å². The predicted octanol–water partition coefficient (Wildman–Crippen LogP) is 7.54. The zero-order valence-electron chi connectivity index (χ0n) is 18.8. The Bertz CT molecular complexity index is 1640. The number of amides is 1. The van der Waals surface area contributed by atoms with Gasteiger partial charge < -0.3 is 5.32 Å². The van der Waals surface area contributed by atoms with Crippen LogP contribution in [0.4, 0.5) is 5.69 Å². The predicted molar refractivity (Wildman–Crippen MR) is 145 cm³/mol. The second kappa shape index (κ2) is 10.1. The minimum Gasteiger partial charge on any atom is -0.321 e. The van der Waals surface area contributed by atoms with E-state index in [0.717, 1.165) is 22.0 Å². The molecule has 1 amide bonds. The Morgan fingerprint density at radius 1 is 0.917 bits per heavy atom. The summed E-state index contributed by atoms with van der Waals surface area (Å²) in [7, 11) is 0. The highest BCUT2D eigenvalue weighted by Gasteiger charge is 2.17. The van der Waals surface area contributed by atoms with E-state index in [1.807, 2.05) is 85.1 Å². The number of hydrogen-bond donors (Lipinski definition) is 1. The molecule has 7 heteroatoms. The van der Waals surface area contributed by atoms with Gasteiger partial charge >= 0.3 is 0 Å². The van der Waals surface area contributed by atoms with Crippen LogP contribution >= 0.6 is 23.2 Å². The van der Waals surface area contributed by atoms with Crippen molar-refractivity contribution in [2.24, 2.45) is 0 Å². The Kier molecular flexibility index (Phi) is 6.55. The van der Waals surface area contributed by atoms with E-state index < -0.39 is 5.91 Å². The van der Waals surface area contributed by atoms with Crippen molar-refractivity contribution < 1.29 is 4.79 Å². The molecule has 1 N–H and O–H groups in total. The molecule has 0 spiro atoms. The Labute approximate surface area is 217 Å².